The van der Waals surface area contributed by atoms with Crippen molar-refractivity contribution >= 4 is 28.6 Å². The number of esters is 1. The van der Waals surface area contributed by atoms with Crippen LogP contribution in [0.5, 0.6) is 0 Å². The number of rotatable bonds is 5. The zero-order chi connectivity index (χ0) is 16.1. The molecule has 0 bridgehead atoms. The Morgan fingerprint density at radius 2 is 1.82 bits per heavy atom. The van der Waals surface area contributed by atoms with Crippen LogP contribution in [-0.4, -0.2) is 35.6 Å². The highest BCUT2D eigenvalue weighted by molar-refractivity contribution is 6.07. The maximum Gasteiger partial charge on any atom is 0.329 e. The zero-order valence-corrected chi connectivity index (χ0v) is 11.9. The molecule has 0 aliphatic carbocycles. The van der Waals surface area contributed by atoms with Crippen molar-refractivity contribution in [2.24, 2.45) is 0 Å². The van der Waals surface area contributed by atoms with Gasteiger partial charge in [-0.15, -0.1) is 0 Å². The van der Waals surface area contributed by atoms with Crippen molar-refractivity contribution in [2.75, 3.05) is 6.61 Å². The van der Waals surface area contributed by atoms with Crippen LogP contribution in [-0.2, 0) is 14.3 Å². The number of amides is 1. The number of nitrogens with one attached hydrogen (secondary N) is 1. The van der Waals surface area contributed by atoms with E-state index in [-0.39, 0.29) is 0 Å². The summed E-state index contributed by atoms with van der Waals surface area (Å²) < 4.78 is 4.66. The van der Waals surface area contributed by atoms with Crippen LogP contribution in [0.2, 0.25) is 0 Å². The summed E-state index contributed by atoms with van der Waals surface area (Å²) in [6, 6.07) is 11.2. The highest BCUT2D eigenvalue weighted by Crippen LogP contribution is 2.18. The van der Waals surface area contributed by atoms with Gasteiger partial charge in [0.05, 0.1) is 0 Å². The Morgan fingerprint density at radius 3 is 2.50 bits per heavy atom. The Hall–Kier alpha value is -2.89. The Morgan fingerprint density at radius 1 is 1.14 bits per heavy atom. The third kappa shape index (κ3) is 3.60. The molecule has 2 aromatic rings. The number of carboxylic acid groups (broad SMARTS) is 1. The van der Waals surface area contributed by atoms with Gasteiger partial charge in [-0.1, -0.05) is 36.4 Å². The summed E-state index contributed by atoms with van der Waals surface area (Å²) in [6.45, 7) is 0.757. The van der Waals surface area contributed by atoms with E-state index in [2.05, 4.69) is 10.1 Å². The van der Waals surface area contributed by atoms with Crippen LogP contribution < -0.4 is 5.32 Å². The summed E-state index contributed by atoms with van der Waals surface area (Å²) in [5, 5.41) is 13.1. The number of hydrogen-bond acceptors (Lipinski definition) is 4. The molecule has 0 aromatic heterocycles. The summed E-state index contributed by atoms with van der Waals surface area (Å²) in [7, 11) is 0. The molecule has 0 unspecified atom stereocenters. The van der Waals surface area contributed by atoms with E-state index in [4.69, 9.17) is 5.11 Å². The molecule has 0 saturated heterocycles. The van der Waals surface area contributed by atoms with Crippen molar-refractivity contribution < 1.29 is 24.2 Å². The van der Waals surface area contributed by atoms with Crippen LogP contribution in [0.1, 0.15) is 17.3 Å². The summed E-state index contributed by atoms with van der Waals surface area (Å²) in [5.74, 6) is -2.41. The van der Waals surface area contributed by atoms with Crippen LogP contribution in [0.3, 0.4) is 0 Å². The molecule has 0 aliphatic rings. The molecule has 1 atom stereocenters. The van der Waals surface area contributed by atoms with Crippen molar-refractivity contribution in [1.82, 2.24) is 5.32 Å². The highest BCUT2D eigenvalue weighted by Gasteiger charge is 2.22. The molecule has 0 saturated carbocycles. The van der Waals surface area contributed by atoms with Gasteiger partial charge < -0.3 is 15.2 Å². The van der Waals surface area contributed by atoms with E-state index in [9.17, 15) is 14.4 Å². The molecule has 0 radical (unpaired) electrons. The molecule has 0 spiro atoms. The van der Waals surface area contributed by atoms with Gasteiger partial charge >= 0.3 is 11.9 Å². The van der Waals surface area contributed by atoms with Gasteiger partial charge in [0.1, 0.15) is 6.61 Å². The number of benzene rings is 2. The van der Waals surface area contributed by atoms with E-state index in [1.54, 1.807) is 24.3 Å². The van der Waals surface area contributed by atoms with E-state index >= 15 is 0 Å². The number of aliphatic carboxylic acids is 1. The predicted octanol–water partition coefficient (Wildman–Crippen LogP) is 1.59. The molecule has 6 nitrogen and oxygen atoms in total. The van der Waals surface area contributed by atoms with Gasteiger partial charge in [-0.05, 0) is 16.8 Å². The number of carbonyl (C=O) groups is 3. The Labute approximate surface area is 126 Å². The smallest absolute Gasteiger partial charge is 0.329 e. The third-order valence-electron chi connectivity index (χ3n) is 3.09. The number of ether oxygens (including phenoxy) is 1. The summed E-state index contributed by atoms with van der Waals surface area (Å²) in [6.07, 6.45) is 0. The van der Waals surface area contributed by atoms with Gasteiger partial charge in [-0.3, -0.25) is 9.59 Å². The molecule has 0 heterocycles. The molecule has 1 amide bonds. The summed E-state index contributed by atoms with van der Waals surface area (Å²) in [5.41, 5.74) is 0.368. The van der Waals surface area contributed by atoms with Gasteiger partial charge in [0.15, 0.2) is 6.04 Å². The first-order valence-electron chi connectivity index (χ1n) is 6.64. The van der Waals surface area contributed by atoms with E-state index in [1.165, 1.54) is 6.92 Å². The fraction of sp³-hybridized carbons (Fsp3) is 0.188. The standard InChI is InChI=1S/C16H15NO5/c1-10(18)22-9-14(16(20)21)17-15(19)13-8-4-6-11-5-2-3-7-12(11)13/h2-8,14H,9H2,1H3,(H,17,19)(H,20,21)/t14-/m0/s1. The fourth-order valence-electron chi connectivity index (χ4n) is 2.03. The minimum absolute atomic E-state index is 0.368. The quantitative estimate of drug-likeness (QED) is 0.818. The Balaban J connectivity index is 2.22. The molecule has 6 heteroatoms. The average Bonchev–Trinajstić information content (AvgIpc) is 2.50. The lowest BCUT2D eigenvalue weighted by atomic mass is 10.0. The van der Waals surface area contributed by atoms with Gasteiger partial charge in [-0.2, -0.15) is 0 Å². The number of carbonyl (C=O) groups excluding carboxylic acids is 2. The monoisotopic (exact) mass is 301 g/mol. The molecule has 2 rings (SSSR count). The second-order valence-electron chi connectivity index (χ2n) is 4.69. The van der Waals surface area contributed by atoms with Crippen molar-refractivity contribution in [3.8, 4) is 0 Å². The van der Waals surface area contributed by atoms with Crippen molar-refractivity contribution in [3.05, 3.63) is 48.0 Å². The SMILES string of the molecule is CC(=O)OC[C@H](NC(=O)c1cccc2ccccc12)C(=O)O. The van der Waals surface area contributed by atoms with Crippen LogP contribution in [0.25, 0.3) is 10.8 Å². The van der Waals surface area contributed by atoms with Crippen LogP contribution >= 0.6 is 0 Å². The van der Waals surface area contributed by atoms with E-state index in [1.807, 2.05) is 18.2 Å². The van der Waals surface area contributed by atoms with E-state index < -0.39 is 30.5 Å². The minimum Gasteiger partial charge on any atom is -0.480 e. The van der Waals surface area contributed by atoms with E-state index in [0.29, 0.717) is 5.56 Å². The first-order valence-corrected chi connectivity index (χ1v) is 6.64. The van der Waals surface area contributed by atoms with Gasteiger partial charge in [0, 0.05) is 12.5 Å². The largest absolute Gasteiger partial charge is 0.480 e. The van der Waals surface area contributed by atoms with Crippen LogP contribution in [0.15, 0.2) is 42.5 Å². The zero-order valence-electron chi connectivity index (χ0n) is 11.9. The first kappa shape index (κ1) is 15.5. The normalized spacial score (nSPS) is 11.7. The number of carboxylic acids is 1. The number of hydrogen-bond donors (Lipinski definition) is 2. The van der Waals surface area contributed by atoms with Crippen LogP contribution in [0, 0.1) is 0 Å². The maximum atomic E-state index is 12.3. The Kier molecular flexibility index (Phi) is 4.73. The summed E-state index contributed by atoms with van der Waals surface area (Å²) >= 11 is 0. The lowest BCUT2D eigenvalue weighted by Crippen LogP contribution is -2.44. The van der Waals surface area contributed by atoms with Crippen molar-refractivity contribution in [1.29, 1.82) is 0 Å². The second kappa shape index (κ2) is 6.71. The van der Waals surface area contributed by atoms with Crippen LogP contribution in [0.4, 0.5) is 0 Å². The second-order valence-corrected chi connectivity index (χ2v) is 4.69. The predicted molar refractivity (Wildman–Crippen MR) is 79.5 cm³/mol. The van der Waals surface area contributed by atoms with Gasteiger partial charge in [0.2, 0.25) is 0 Å². The molecule has 0 aliphatic heterocycles. The molecule has 22 heavy (non-hydrogen) atoms. The minimum atomic E-state index is -1.30. The van der Waals surface area contributed by atoms with Gasteiger partial charge in [-0.25, -0.2) is 4.79 Å². The summed E-state index contributed by atoms with van der Waals surface area (Å²) in [4.78, 5) is 34.2. The topological polar surface area (TPSA) is 92.7 Å². The van der Waals surface area contributed by atoms with Crippen molar-refractivity contribution in [2.45, 2.75) is 13.0 Å². The van der Waals surface area contributed by atoms with Gasteiger partial charge in [0.25, 0.3) is 5.91 Å². The lowest BCUT2D eigenvalue weighted by molar-refractivity contribution is -0.146. The molecular weight excluding hydrogens is 286 g/mol. The molecule has 0 fully saturated rings. The fourth-order valence-corrected chi connectivity index (χ4v) is 2.03. The number of fused-ring (bicyclic) bond motifs is 1. The van der Waals surface area contributed by atoms with E-state index in [0.717, 1.165) is 10.8 Å². The molecular formula is C16H15NO5. The maximum absolute atomic E-state index is 12.3. The van der Waals surface area contributed by atoms with Crippen molar-refractivity contribution in [3.63, 3.8) is 0 Å². The lowest BCUT2D eigenvalue weighted by Gasteiger charge is -2.15. The molecule has 114 valence electrons. The Bertz CT molecular complexity index is 720. The molecule has 2 N–H and O–H groups in total. The molecule has 2 aromatic carbocycles. The third-order valence-corrected chi connectivity index (χ3v) is 3.09. The first-order chi connectivity index (χ1) is 10.5. The highest BCUT2D eigenvalue weighted by atomic mass is 16.5. The average molecular weight is 301 g/mol.